The number of nitrogens with zero attached hydrogens (tertiary/aromatic N) is 3. The molecule has 0 aliphatic heterocycles. The van der Waals surface area contributed by atoms with Crippen LogP contribution in [0.1, 0.15) is 29.8 Å². The number of benzene rings is 2. The van der Waals surface area contributed by atoms with E-state index in [9.17, 15) is 4.79 Å². The van der Waals surface area contributed by atoms with E-state index < -0.39 is 0 Å². The predicted octanol–water partition coefficient (Wildman–Crippen LogP) is 4.60. The quantitative estimate of drug-likeness (QED) is 0.501. The maximum Gasteiger partial charge on any atom is 0.242 e. The second-order valence-electron chi connectivity index (χ2n) is 7.74. The molecule has 6 nitrogen and oxygen atoms in total. The summed E-state index contributed by atoms with van der Waals surface area (Å²) in [6.45, 7) is 6.08. The van der Waals surface area contributed by atoms with Crippen molar-refractivity contribution >= 4 is 16.9 Å². The molecule has 0 radical (unpaired) electrons. The summed E-state index contributed by atoms with van der Waals surface area (Å²) in [5, 5.41) is 8.63. The zero-order valence-electron chi connectivity index (χ0n) is 18.2. The van der Waals surface area contributed by atoms with Crippen LogP contribution in [0, 0.1) is 13.8 Å². The molecule has 4 rings (SSSR count). The molecule has 0 saturated carbocycles. The maximum absolute atomic E-state index is 12.8. The van der Waals surface area contributed by atoms with Gasteiger partial charge in [0.05, 0.1) is 18.8 Å². The number of carbonyl (C=O) groups is 1. The molecule has 2 aromatic carbocycles. The number of fused-ring (bicyclic) bond motifs is 1. The lowest BCUT2D eigenvalue weighted by molar-refractivity contribution is -0.122. The molecular weight excluding hydrogens is 388 g/mol. The number of amides is 1. The summed E-state index contributed by atoms with van der Waals surface area (Å²) < 4.78 is 6.95. The van der Waals surface area contributed by atoms with E-state index in [1.165, 1.54) is 5.56 Å². The average molecular weight is 415 g/mol. The van der Waals surface area contributed by atoms with Gasteiger partial charge in [-0.1, -0.05) is 42.0 Å². The standard InChI is InChI=1S/C25H26N4O2/c1-16-7-5-9-20(13-16)22-11-12-26-25-24(22)18(3)28-29(25)15-23(30)27-17(2)19-8-6-10-21(14-19)31-4/h5-14,17H,15H2,1-4H3,(H,27,30). The molecule has 2 heterocycles. The maximum atomic E-state index is 12.8. The largest absolute Gasteiger partial charge is 0.497 e. The number of hydrogen-bond donors (Lipinski definition) is 1. The van der Waals surface area contributed by atoms with E-state index in [4.69, 9.17) is 4.74 Å². The molecule has 1 amide bonds. The second kappa shape index (κ2) is 8.60. The third-order valence-electron chi connectivity index (χ3n) is 5.40. The van der Waals surface area contributed by atoms with Crippen molar-refractivity contribution in [2.24, 2.45) is 0 Å². The Kier molecular flexibility index (Phi) is 5.71. The van der Waals surface area contributed by atoms with Crippen LogP contribution in [0.5, 0.6) is 5.75 Å². The van der Waals surface area contributed by atoms with Crippen LogP contribution in [0.4, 0.5) is 0 Å². The van der Waals surface area contributed by atoms with Gasteiger partial charge in [0.15, 0.2) is 5.65 Å². The van der Waals surface area contributed by atoms with Gasteiger partial charge in [-0.05, 0) is 55.7 Å². The van der Waals surface area contributed by atoms with Gasteiger partial charge in [0.1, 0.15) is 12.3 Å². The van der Waals surface area contributed by atoms with Gasteiger partial charge in [-0.15, -0.1) is 0 Å². The van der Waals surface area contributed by atoms with Crippen molar-refractivity contribution in [1.82, 2.24) is 20.1 Å². The summed E-state index contributed by atoms with van der Waals surface area (Å²) in [5.41, 5.74) is 5.93. The SMILES string of the molecule is COc1cccc(C(C)NC(=O)Cn2nc(C)c3c(-c4cccc(C)c4)ccnc32)c1. The van der Waals surface area contributed by atoms with Gasteiger partial charge in [0.25, 0.3) is 0 Å². The van der Waals surface area contributed by atoms with Crippen molar-refractivity contribution in [2.45, 2.75) is 33.4 Å². The van der Waals surface area contributed by atoms with Crippen LogP contribution in [0.2, 0.25) is 0 Å². The molecule has 0 spiro atoms. The Morgan fingerprint density at radius 2 is 1.94 bits per heavy atom. The molecule has 1 N–H and O–H groups in total. The fourth-order valence-electron chi connectivity index (χ4n) is 3.86. The summed E-state index contributed by atoms with van der Waals surface area (Å²) >= 11 is 0. The average Bonchev–Trinajstić information content (AvgIpc) is 3.09. The lowest BCUT2D eigenvalue weighted by Gasteiger charge is -2.15. The summed E-state index contributed by atoms with van der Waals surface area (Å²) in [6.07, 6.45) is 1.77. The number of hydrogen-bond acceptors (Lipinski definition) is 4. The number of aromatic nitrogens is 3. The third-order valence-corrected chi connectivity index (χ3v) is 5.40. The van der Waals surface area contributed by atoms with Crippen LogP contribution < -0.4 is 10.1 Å². The van der Waals surface area contributed by atoms with Crippen LogP contribution in [0.25, 0.3) is 22.2 Å². The first kappa shape index (κ1) is 20.6. The number of nitrogens with one attached hydrogen (secondary N) is 1. The monoisotopic (exact) mass is 414 g/mol. The van der Waals surface area contributed by atoms with Crippen LogP contribution >= 0.6 is 0 Å². The van der Waals surface area contributed by atoms with Crippen molar-refractivity contribution in [3.8, 4) is 16.9 Å². The topological polar surface area (TPSA) is 69.0 Å². The van der Waals surface area contributed by atoms with Gasteiger partial charge >= 0.3 is 0 Å². The fourth-order valence-corrected chi connectivity index (χ4v) is 3.86. The first-order valence-electron chi connectivity index (χ1n) is 10.3. The molecule has 0 saturated heterocycles. The van der Waals surface area contributed by atoms with E-state index in [1.54, 1.807) is 18.0 Å². The predicted molar refractivity (Wildman–Crippen MR) is 122 cm³/mol. The number of methoxy groups -OCH3 is 1. The number of aryl methyl sites for hydroxylation is 2. The van der Waals surface area contributed by atoms with Crippen LogP contribution in [0.3, 0.4) is 0 Å². The molecule has 6 heteroatoms. The molecule has 1 atom stereocenters. The number of rotatable bonds is 6. The zero-order valence-corrected chi connectivity index (χ0v) is 18.2. The molecular formula is C25H26N4O2. The summed E-state index contributed by atoms with van der Waals surface area (Å²) in [7, 11) is 1.63. The van der Waals surface area contributed by atoms with Crippen LogP contribution in [-0.2, 0) is 11.3 Å². The molecule has 0 aliphatic carbocycles. The molecule has 1 unspecified atom stereocenters. The minimum atomic E-state index is -0.152. The molecule has 158 valence electrons. The molecule has 0 fully saturated rings. The highest BCUT2D eigenvalue weighted by atomic mass is 16.5. The number of ether oxygens (including phenoxy) is 1. The highest BCUT2D eigenvalue weighted by Gasteiger charge is 2.17. The van der Waals surface area contributed by atoms with Gasteiger partial charge in [-0.3, -0.25) is 4.79 Å². The van der Waals surface area contributed by atoms with Crippen LogP contribution in [-0.4, -0.2) is 27.8 Å². The zero-order chi connectivity index (χ0) is 22.0. The lowest BCUT2D eigenvalue weighted by atomic mass is 10.0. The van der Waals surface area contributed by atoms with Gasteiger partial charge in [0.2, 0.25) is 5.91 Å². The highest BCUT2D eigenvalue weighted by Crippen LogP contribution is 2.30. The van der Waals surface area contributed by atoms with Crippen molar-refractivity contribution in [3.63, 3.8) is 0 Å². The van der Waals surface area contributed by atoms with E-state index in [0.29, 0.717) is 5.65 Å². The first-order chi connectivity index (χ1) is 15.0. The van der Waals surface area contributed by atoms with E-state index in [2.05, 4.69) is 40.5 Å². The van der Waals surface area contributed by atoms with Crippen LogP contribution in [0.15, 0.2) is 60.8 Å². The number of pyridine rings is 1. The second-order valence-corrected chi connectivity index (χ2v) is 7.74. The Labute approximate surface area is 181 Å². The highest BCUT2D eigenvalue weighted by molar-refractivity contribution is 5.95. The van der Waals surface area contributed by atoms with Gasteiger partial charge < -0.3 is 10.1 Å². The summed E-state index contributed by atoms with van der Waals surface area (Å²) in [5.74, 6) is 0.641. The first-order valence-corrected chi connectivity index (χ1v) is 10.3. The van der Waals surface area contributed by atoms with Crippen molar-refractivity contribution < 1.29 is 9.53 Å². The van der Waals surface area contributed by atoms with Crippen molar-refractivity contribution in [2.75, 3.05) is 7.11 Å². The Bertz CT molecular complexity index is 1250. The Morgan fingerprint density at radius 3 is 2.71 bits per heavy atom. The van der Waals surface area contributed by atoms with E-state index in [-0.39, 0.29) is 18.5 Å². The lowest BCUT2D eigenvalue weighted by Crippen LogP contribution is -2.30. The molecule has 31 heavy (non-hydrogen) atoms. The number of carbonyl (C=O) groups excluding carboxylic acids is 1. The Morgan fingerprint density at radius 1 is 1.13 bits per heavy atom. The van der Waals surface area contributed by atoms with Gasteiger partial charge in [-0.25, -0.2) is 9.67 Å². The van der Waals surface area contributed by atoms with Gasteiger partial charge in [0, 0.05) is 11.6 Å². The van der Waals surface area contributed by atoms with E-state index in [1.807, 2.05) is 50.2 Å². The normalized spacial score (nSPS) is 12.0. The molecule has 2 aromatic heterocycles. The third kappa shape index (κ3) is 4.28. The summed E-state index contributed by atoms with van der Waals surface area (Å²) in [6, 6.07) is 17.9. The Hall–Kier alpha value is -3.67. The molecule has 0 aliphatic rings. The molecule has 0 bridgehead atoms. The fraction of sp³-hybridized carbons (Fsp3) is 0.240. The minimum absolute atomic E-state index is 0.100. The van der Waals surface area contributed by atoms with Gasteiger partial charge in [-0.2, -0.15) is 5.10 Å². The Balaban J connectivity index is 1.59. The smallest absolute Gasteiger partial charge is 0.242 e. The molecule has 4 aromatic rings. The van der Waals surface area contributed by atoms with E-state index >= 15 is 0 Å². The minimum Gasteiger partial charge on any atom is -0.497 e. The van der Waals surface area contributed by atoms with Crippen molar-refractivity contribution in [3.05, 3.63) is 77.6 Å². The van der Waals surface area contributed by atoms with E-state index in [0.717, 1.165) is 33.5 Å². The van der Waals surface area contributed by atoms with Crippen molar-refractivity contribution in [1.29, 1.82) is 0 Å². The summed E-state index contributed by atoms with van der Waals surface area (Å²) in [4.78, 5) is 17.3.